The van der Waals surface area contributed by atoms with Crippen LogP contribution in [-0.2, 0) is 17.6 Å². The fraction of sp³-hybridized carbons (Fsp3) is 0.375. The summed E-state index contributed by atoms with van der Waals surface area (Å²) >= 11 is 3.47. The van der Waals surface area contributed by atoms with Crippen LogP contribution in [0.15, 0.2) is 22.7 Å². The number of hydrogen-bond donors (Lipinski definition) is 2. The number of amides is 1. The zero-order chi connectivity index (χ0) is 15.0. The third-order valence-electron chi connectivity index (χ3n) is 3.96. The molecule has 1 atom stereocenters. The summed E-state index contributed by atoms with van der Waals surface area (Å²) in [6.45, 7) is 3.97. The molecule has 3 rings (SSSR count). The molecule has 1 unspecified atom stereocenters. The Bertz CT molecular complexity index is 693. The van der Waals surface area contributed by atoms with E-state index in [0.29, 0.717) is 0 Å². The van der Waals surface area contributed by atoms with E-state index in [1.165, 1.54) is 0 Å². The topological polar surface area (TPSA) is 57.8 Å². The van der Waals surface area contributed by atoms with Gasteiger partial charge in [-0.15, -0.1) is 0 Å². The number of nitrogens with one attached hydrogen (secondary N) is 2. The van der Waals surface area contributed by atoms with E-state index in [2.05, 4.69) is 31.2 Å². The third kappa shape index (κ3) is 3.02. The Morgan fingerprint density at radius 2 is 2.24 bits per heavy atom. The Labute approximate surface area is 132 Å². The summed E-state index contributed by atoms with van der Waals surface area (Å²) in [7, 11) is 0. The molecule has 0 aliphatic heterocycles. The Morgan fingerprint density at radius 1 is 1.43 bits per heavy atom. The number of rotatable bonds is 2. The molecule has 0 spiro atoms. The molecule has 1 heterocycles. The lowest BCUT2D eigenvalue weighted by atomic mass is 9.89. The second-order valence-corrected chi connectivity index (χ2v) is 6.49. The van der Waals surface area contributed by atoms with Gasteiger partial charge in [0.25, 0.3) is 0 Å². The maximum atomic E-state index is 12.4. The summed E-state index contributed by atoms with van der Waals surface area (Å²) in [4.78, 5) is 20.1. The highest BCUT2D eigenvalue weighted by Crippen LogP contribution is 2.26. The molecule has 0 bridgehead atoms. The third-order valence-corrected chi connectivity index (χ3v) is 4.85. The number of aromatic nitrogens is 2. The Morgan fingerprint density at radius 3 is 3.00 bits per heavy atom. The molecule has 0 saturated carbocycles. The van der Waals surface area contributed by atoms with Crippen LogP contribution >= 0.6 is 15.9 Å². The van der Waals surface area contributed by atoms with Gasteiger partial charge in [0.05, 0.1) is 5.69 Å². The molecule has 1 aromatic heterocycles. The second-order valence-electron chi connectivity index (χ2n) is 5.64. The minimum absolute atomic E-state index is 0.0151. The van der Waals surface area contributed by atoms with Gasteiger partial charge in [0.1, 0.15) is 5.82 Å². The molecule has 1 aromatic carbocycles. The van der Waals surface area contributed by atoms with Crippen LogP contribution < -0.4 is 5.32 Å². The lowest BCUT2D eigenvalue weighted by Crippen LogP contribution is -2.28. The van der Waals surface area contributed by atoms with Crippen molar-refractivity contribution in [1.29, 1.82) is 0 Å². The normalized spacial score (nSPS) is 17.4. The van der Waals surface area contributed by atoms with Gasteiger partial charge in [0.15, 0.2) is 0 Å². The van der Waals surface area contributed by atoms with Crippen LogP contribution in [0.3, 0.4) is 0 Å². The quantitative estimate of drug-likeness (QED) is 0.872. The van der Waals surface area contributed by atoms with Gasteiger partial charge in [-0.2, -0.15) is 0 Å². The lowest BCUT2D eigenvalue weighted by molar-refractivity contribution is -0.120. The Kier molecular flexibility index (Phi) is 3.85. The highest BCUT2D eigenvalue weighted by atomic mass is 79.9. The largest absolute Gasteiger partial charge is 0.346 e. The van der Waals surface area contributed by atoms with Crippen molar-refractivity contribution < 1.29 is 4.79 Å². The summed E-state index contributed by atoms with van der Waals surface area (Å²) in [6, 6.07) is 5.86. The number of H-pyrrole nitrogens is 1. The van der Waals surface area contributed by atoms with E-state index in [0.717, 1.165) is 52.2 Å². The van der Waals surface area contributed by atoms with Crippen molar-refractivity contribution in [3.05, 3.63) is 45.4 Å². The van der Waals surface area contributed by atoms with Crippen LogP contribution in [0.25, 0.3) is 0 Å². The van der Waals surface area contributed by atoms with Gasteiger partial charge in [-0.1, -0.05) is 15.9 Å². The molecule has 1 amide bonds. The molecule has 21 heavy (non-hydrogen) atoms. The van der Waals surface area contributed by atoms with Crippen molar-refractivity contribution >= 4 is 27.5 Å². The van der Waals surface area contributed by atoms with E-state index in [-0.39, 0.29) is 11.8 Å². The van der Waals surface area contributed by atoms with E-state index < -0.39 is 0 Å². The maximum absolute atomic E-state index is 12.4. The average Bonchev–Trinajstić information content (AvgIpc) is 2.82. The summed E-state index contributed by atoms with van der Waals surface area (Å²) in [5, 5.41) is 3.02. The first kappa shape index (κ1) is 14.3. The number of fused-ring (bicyclic) bond motifs is 1. The number of carbonyl (C=O) groups is 1. The second kappa shape index (κ2) is 5.64. The first-order chi connectivity index (χ1) is 10.0. The number of aromatic amines is 1. The fourth-order valence-electron chi connectivity index (χ4n) is 2.81. The van der Waals surface area contributed by atoms with E-state index in [4.69, 9.17) is 0 Å². The van der Waals surface area contributed by atoms with Crippen LogP contribution in [0.1, 0.15) is 29.2 Å². The van der Waals surface area contributed by atoms with Gasteiger partial charge in [-0.3, -0.25) is 4.79 Å². The molecular formula is C16H18BrN3O. The molecule has 2 aromatic rings. The Hall–Kier alpha value is -1.62. The number of carbonyl (C=O) groups excluding carboxylic acids is 1. The van der Waals surface area contributed by atoms with Gasteiger partial charge in [0.2, 0.25) is 5.91 Å². The number of imidazole rings is 1. The highest BCUT2D eigenvalue weighted by Gasteiger charge is 2.26. The highest BCUT2D eigenvalue weighted by molar-refractivity contribution is 9.10. The zero-order valence-electron chi connectivity index (χ0n) is 12.2. The van der Waals surface area contributed by atoms with Crippen LogP contribution in [0.2, 0.25) is 0 Å². The van der Waals surface area contributed by atoms with E-state index in [1.54, 1.807) is 0 Å². The first-order valence-electron chi connectivity index (χ1n) is 7.14. The van der Waals surface area contributed by atoms with E-state index >= 15 is 0 Å². The van der Waals surface area contributed by atoms with Gasteiger partial charge in [-0.25, -0.2) is 4.98 Å². The van der Waals surface area contributed by atoms with Gasteiger partial charge >= 0.3 is 0 Å². The number of aryl methyl sites for hydroxylation is 3. The summed E-state index contributed by atoms with van der Waals surface area (Å²) in [5.41, 5.74) is 4.21. The van der Waals surface area contributed by atoms with Gasteiger partial charge in [-0.05, 0) is 50.5 Å². The zero-order valence-corrected chi connectivity index (χ0v) is 13.8. The van der Waals surface area contributed by atoms with E-state index in [9.17, 15) is 4.79 Å². The minimum atomic E-state index is 0.0151. The minimum Gasteiger partial charge on any atom is -0.346 e. The number of halogens is 1. The number of nitrogens with zero attached hydrogens (tertiary/aromatic N) is 1. The maximum Gasteiger partial charge on any atom is 0.227 e. The van der Waals surface area contributed by atoms with Gasteiger partial charge in [0, 0.05) is 28.2 Å². The SMILES string of the molecule is Cc1nc2c([nH]1)CC(C(=O)Nc1ccc(Br)c(C)c1)CC2. The summed E-state index contributed by atoms with van der Waals surface area (Å²) in [5.74, 6) is 1.04. The lowest BCUT2D eigenvalue weighted by Gasteiger charge is -2.20. The number of anilines is 1. The molecule has 110 valence electrons. The predicted octanol–water partition coefficient (Wildman–Crippen LogP) is 3.53. The molecule has 1 aliphatic carbocycles. The molecular weight excluding hydrogens is 330 g/mol. The summed E-state index contributed by atoms with van der Waals surface area (Å²) in [6.07, 6.45) is 2.48. The van der Waals surface area contributed by atoms with Crippen molar-refractivity contribution in [2.24, 2.45) is 5.92 Å². The van der Waals surface area contributed by atoms with Gasteiger partial charge < -0.3 is 10.3 Å². The molecule has 0 fully saturated rings. The smallest absolute Gasteiger partial charge is 0.227 e. The molecule has 0 saturated heterocycles. The van der Waals surface area contributed by atoms with Crippen molar-refractivity contribution in [2.45, 2.75) is 33.1 Å². The van der Waals surface area contributed by atoms with Crippen molar-refractivity contribution in [2.75, 3.05) is 5.32 Å². The van der Waals surface area contributed by atoms with Crippen molar-refractivity contribution in [1.82, 2.24) is 9.97 Å². The molecule has 2 N–H and O–H groups in total. The van der Waals surface area contributed by atoms with Crippen LogP contribution in [0, 0.1) is 19.8 Å². The Balaban J connectivity index is 1.70. The number of hydrogen-bond acceptors (Lipinski definition) is 2. The molecule has 0 radical (unpaired) electrons. The predicted molar refractivity (Wildman–Crippen MR) is 86.3 cm³/mol. The van der Waals surface area contributed by atoms with Crippen LogP contribution in [0.4, 0.5) is 5.69 Å². The molecule has 1 aliphatic rings. The first-order valence-corrected chi connectivity index (χ1v) is 7.93. The monoisotopic (exact) mass is 347 g/mol. The average molecular weight is 348 g/mol. The summed E-state index contributed by atoms with van der Waals surface area (Å²) < 4.78 is 1.05. The van der Waals surface area contributed by atoms with Crippen LogP contribution in [-0.4, -0.2) is 15.9 Å². The van der Waals surface area contributed by atoms with Crippen LogP contribution in [0.5, 0.6) is 0 Å². The fourth-order valence-corrected chi connectivity index (χ4v) is 3.06. The molecule has 5 heteroatoms. The van der Waals surface area contributed by atoms with Crippen molar-refractivity contribution in [3.63, 3.8) is 0 Å². The van der Waals surface area contributed by atoms with Crippen molar-refractivity contribution in [3.8, 4) is 0 Å². The standard InChI is InChI=1S/C16H18BrN3O/c1-9-7-12(4-5-13(9)17)20-16(21)11-3-6-14-15(8-11)19-10(2)18-14/h4-5,7,11H,3,6,8H2,1-2H3,(H,18,19)(H,20,21). The number of benzene rings is 1. The van der Waals surface area contributed by atoms with E-state index in [1.807, 2.05) is 32.0 Å². The molecule has 4 nitrogen and oxygen atoms in total.